The molecule has 0 aliphatic heterocycles. The number of rotatable bonds is 5. The first-order valence-corrected chi connectivity index (χ1v) is 6.50. The normalized spacial score (nSPS) is 10.6. The monoisotopic (exact) mass is 301 g/mol. The van der Waals surface area contributed by atoms with Crippen LogP contribution in [-0.2, 0) is 4.79 Å². The Hall–Kier alpha value is -3.09. The third-order valence-electron chi connectivity index (χ3n) is 2.82. The number of phenolic OH excluding ortho intramolecular Hbond substituents is 1. The predicted octanol–water partition coefficient (Wildman–Crippen LogP) is 1.17. The molecule has 0 aliphatic carbocycles. The number of furan rings is 1. The highest BCUT2D eigenvalue weighted by molar-refractivity contribution is 5.94. The van der Waals surface area contributed by atoms with Crippen molar-refractivity contribution in [1.29, 1.82) is 0 Å². The SMILES string of the molecule is Cc1cccc(C=NNC(=O)CNC(=O)c2ccco2)c1O. The summed E-state index contributed by atoms with van der Waals surface area (Å²) in [4.78, 5) is 23.1. The first-order chi connectivity index (χ1) is 10.6. The Morgan fingerprint density at radius 1 is 1.32 bits per heavy atom. The lowest BCUT2D eigenvalue weighted by Crippen LogP contribution is -2.34. The van der Waals surface area contributed by atoms with Crippen molar-refractivity contribution in [2.24, 2.45) is 5.10 Å². The molecule has 1 heterocycles. The molecule has 0 atom stereocenters. The van der Waals surface area contributed by atoms with Gasteiger partial charge in [-0.2, -0.15) is 5.10 Å². The summed E-state index contributed by atoms with van der Waals surface area (Å²) in [5.41, 5.74) is 3.45. The number of aryl methyl sites for hydroxylation is 1. The third-order valence-corrected chi connectivity index (χ3v) is 2.82. The van der Waals surface area contributed by atoms with E-state index in [0.29, 0.717) is 11.1 Å². The Labute approximate surface area is 126 Å². The van der Waals surface area contributed by atoms with Crippen LogP contribution in [0, 0.1) is 6.92 Å². The standard InChI is InChI=1S/C15H15N3O4/c1-10-4-2-5-11(14(10)20)8-17-18-13(19)9-16-15(21)12-6-3-7-22-12/h2-8,20H,9H2,1H3,(H,16,21)(H,18,19). The van der Waals surface area contributed by atoms with Crippen molar-refractivity contribution >= 4 is 18.0 Å². The molecule has 3 N–H and O–H groups in total. The van der Waals surface area contributed by atoms with Gasteiger partial charge in [-0.15, -0.1) is 0 Å². The van der Waals surface area contributed by atoms with Gasteiger partial charge in [0.2, 0.25) is 0 Å². The lowest BCUT2D eigenvalue weighted by molar-refractivity contribution is -0.120. The maximum Gasteiger partial charge on any atom is 0.287 e. The quantitative estimate of drug-likeness (QED) is 0.569. The number of phenols is 1. The molecule has 22 heavy (non-hydrogen) atoms. The van der Waals surface area contributed by atoms with Gasteiger partial charge in [-0.05, 0) is 30.7 Å². The van der Waals surface area contributed by atoms with Gasteiger partial charge in [-0.25, -0.2) is 5.43 Å². The minimum absolute atomic E-state index is 0.103. The molecule has 0 aliphatic rings. The van der Waals surface area contributed by atoms with Gasteiger partial charge >= 0.3 is 0 Å². The van der Waals surface area contributed by atoms with Crippen LogP contribution in [0.25, 0.3) is 0 Å². The van der Waals surface area contributed by atoms with Crippen LogP contribution in [0.5, 0.6) is 5.75 Å². The highest BCUT2D eigenvalue weighted by atomic mass is 16.3. The van der Waals surface area contributed by atoms with Gasteiger partial charge in [-0.3, -0.25) is 9.59 Å². The van der Waals surface area contributed by atoms with Crippen molar-refractivity contribution < 1.29 is 19.1 Å². The first kappa shape index (κ1) is 15.3. The van der Waals surface area contributed by atoms with Crippen molar-refractivity contribution in [3.05, 3.63) is 53.5 Å². The number of benzene rings is 1. The van der Waals surface area contributed by atoms with E-state index in [-0.39, 0.29) is 18.1 Å². The van der Waals surface area contributed by atoms with E-state index in [0.717, 1.165) is 0 Å². The fraction of sp³-hybridized carbons (Fsp3) is 0.133. The Morgan fingerprint density at radius 2 is 2.14 bits per heavy atom. The van der Waals surface area contributed by atoms with E-state index in [1.807, 2.05) is 0 Å². The van der Waals surface area contributed by atoms with Crippen molar-refractivity contribution in [2.45, 2.75) is 6.92 Å². The number of hydrazone groups is 1. The summed E-state index contributed by atoms with van der Waals surface area (Å²) >= 11 is 0. The number of nitrogens with one attached hydrogen (secondary N) is 2. The number of hydrogen-bond acceptors (Lipinski definition) is 5. The van der Waals surface area contributed by atoms with Gasteiger partial charge in [0.15, 0.2) is 5.76 Å². The number of aromatic hydroxyl groups is 1. The van der Waals surface area contributed by atoms with Crippen LogP contribution >= 0.6 is 0 Å². The third kappa shape index (κ3) is 3.95. The van der Waals surface area contributed by atoms with Crippen molar-refractivity contribution in [3.8, 4) is 5.75 Å². The zero-order valence-corrected chi connectivity index (χ0v) is 11.9. The largest absolute Gasteiger partial charge is 0.507 e. The summed E-state index contributed by atoms with van der Waals surface area (Å²) in [5, 5.41) is 15.9. The van der Waals surface area contributed by atoms with E-state index in [4.69, 9.17) is 4.42 Å². The molecule has 0 radical (unpaired) electrons. The van der Waals surface area contributed by atoms with Crippen molar-refractivity contribution in [1.82, 2.24) is 10.7 Å². The second-order valence-electron chi connectivity index (χ2n) is 4.47. The Kier molecular flexibility index (Phi) is 4.92. The van der Waals surface area contributed by atoms with E-state index in [1.54, 1.807) is 31.2 Å². The molecule has 0 unspecified atom stereocenters. The fourth-order valence-corrected chi connectivity index (χ4v) is 1.65. The van der Waals surface area contributed by atoms with Gasteiger partial charge in [-0.1, -0.05) is 12.1 Å². The molecule has 0 spiro atoms. The summed E-state index contributed by atoms with van der Waals surface area (Å²) < 4.78 is 4.89. The van der Waals surface area contributed by atoms with E-state index >= 15 is 0 Å². The molecule has 0 fully saturated rings. The van der Waals surface area contributed by atoms with E-state index in [2.05, 4.69) is 15.8 Å². The number of amides is 2. The number of carbonyl (C=O) groups is 2. The highest BCUT2D eigenvalue weighted by Gasteiger charge is 2.09. The van der Waals surface area contributed by atoms with Gasteiger partial charge in [0, 0.05) is 5.56 Å². The summed E-state index contributed by atoms with van der Waals surface area (Å²) in [6.45, 7) is 1.52. The molecule has 0 saturated carbocycles. The number of carbonyl (C=O) groups excluding carboxylic acids is 2. The highest BCUT2D eigenvalue weighted by Crippen LogP contribution is 2.19. The molecule has 2 amide bonds. The zero-order chi connectivity index (χ0) is 15.9. The van der Waals surface area contributed by atoms with Gasteiger partial charge in [0.25, 0.3) is 11.8 Å². The van der Waals surface area contributed by atoms with Gasteiger partial charge in [0.05, 0.1) is 19.0 Å². The van der Waals surface area contributed by atoms with E-state index < -0.39 is 11.8 Å². The van der Waals surface area contributed by atoms with Crippen LogP contribution in [0.1, 0.15) is 21.7 Å². The Balaban J connectivity index is 1.81. The summed E-state index contributed by atoms with van der Waals surface area (Å²) in [6, 6.07) is 8.26. The number of hydrogen-bond donors (Lipinski definition) is 3. The summed E-state index contributed by atoms with van der Waals surface area (Å²) in [5.74, 6) is -0.753. The molecule has 7 nitrogen and oxygen atoms in total. The smallest absolute Gasteiger partial charge is 0.287 e. The maximum absolute atomic E-state index is 11.5. The van der Waals surface area contributed by atoms with Crippen LogP contribution in [-0.4, -0.2) is 29.7 Å². The molecular weight excluding hydrogens is 286 g/mol. The lowest BCUT2D eigenvalue weighted by atomic mass is 10.1. The molecule has 2 aromatic rings. The molecule has 0 saturated heterocycles. The molecule has 114 valence electrons. The Morgan fingerprint density at radius 3 is 2.86 bits per heavy atom. The minimum Gasteiger partial charge on any atom is -0.507 e. The molecule has 0 bridgehead atoms. The van der Waals surface area contributed by atoms with E-state index in [1.165, 1.54) is 18.5 Å². The maximum atomic E-state index is 11.5. The van der Waals surface area contributed by atoms with Gasteiger partial charge in [0.1, 0.15) is 5.75 Å². The molecule has 2 rings (SSSR count). The molecular formula is C15H15N3O4. The van der Waals surface area contributed by atoms with Gasteiger partial charge < -0.3 is 14.8 Å². The Bertz CT molecular complexity index is 693. The molecule has 1 aromatic heterocycles. The van der Waals surface area contributed by atoms with Crippen LogP contribution in [0.3, 0.4) is 0 Å². The van der Waals surface area contributed by atoms with Crippen LogP contribution in [0.4, 0.5) is 0 Å². The average Bonchev–Trinajstić information content (AvgIpc) is 3.03. The van der Waals surface area contributed by atoms with Crippen molar-refractivity contribution in [3.63, 3.8) is 0 Å². The van der Waals surface area contributed by atoms with Crippen LogP contribution in [0.2, 0.25) is 0 Å². The summed E-state index contributed by atoms with van der Waals surface area (Å²) in [6.07, 6.45) is 2.70. The van der Waals surface area contributed by atoms with Crippen LogP contribution < -0.4 is 10.7 Å². The average molecular weight is 301 g/mol. The topological polar surface area (TPSA) is 104 Å². The minimum atomic E-state index is -0.497. The summed E-state index contributed by atoms with van der Waals surface area (Å²) in [7, 11) is 0. The lowest BCUT2D eigenvalue weighted by Gasteiger charge is -2.03. The zero-order valence-electron chi connectivity index (χ0n) is 11.9. The fourth-order valence-electron chi connectivity index (χ4n) is 1.65. The first-order valence-electron chi connectivity index (χ1n) is 6.50. The van der Waals surface area contributed by atoms with E-state index in [9.17, 15) is 14.7 Å². The second-order valence-corrected chi connectivity index (χ2v) is 4.47. The van der Waals surface area contributed by atoms with Crippen molar-refractivity contribution in [2.75, 3.05) is 6.54 Å². The number of para-hydroxylation sites is 1. The number of nitrogens with zero attached hydrogens (tertiary/aromatic N) is 1. The molecule has 1 aromatic carbocycles. The van der Waals surface area contributed by atoms with Crippen LogP contribution in [0.15, 0.2) is 46.1 Å². The second kappa shape index (κ2) is 7.07. The molecule has 7 heteroatoms. The predicted molar refractivity (Wildman–Crippen MR) is 79.6 cm³/mol.